The third kappa shape index (κ3) is 3.92. The van der Waals surface area contributed by atoms with E-state index in [0.717, 1.165) is 5.69 Å². The number of benzene rings is 1. The number of halogens is 2. The molecule has 0 amide bonds. The number of pyridine rings is 2. The van der Waals surface area contributed by atoms with Crippen LogP contribution in [-0.4, -0.2) is 34.3 Å². The van der Waals surface area contributed by atoms with Crippen LogP contribution in [0.2, 0.25) is 5.02 Å². The van der Waals surface area contributed by atoms with E-state index in [1.54, 1.807) is 52.1 Å². The molecule has 0 aliphatic rings. The van der Waals surface area contributed by atoms with Gasteiger partial charge in [0, 0.05) is 24.9 Å². The zero-order valence-electron chi connectivity index (χ0n) is 18.4. The summed E-state index contributed by atoms with van der Waals surface area (Å²) >= 11 is 6.41. The van der Waals surface area contributed by atoms with E-state index in [2.05, 4.69) is 25.7 Å². The summed E-state index contributed by atoms with van der Waals surface area (Å²) in [4.78, 5) is 17.6. The summed E-state index contributed by atoms with van der Waals surface area (Å²) in [6.45, 7) is 2.17. The number of rotatable bonds is 6. The van der Waals surface area contributed by atoms with Crippen LogP contribution in [-0.2, 0) is 13.6 Å². The van der Waals surface area contributed by atoms with Crippen LogP contribution in [0.25, 0.3) is 16.6 Å². The van der Waals surface area contributed by atoms with Crippen LogP contribution in [0.5, 0.6) is 0 Å². The Labute approximate surface area is 198 Å². The molecule has 11 heteroatoms. The average Bonchev–Trinajstić information content (AvgIpc) is 3.44. The van der Waals surface area contributed by atoms with E-state index < -0.39 is 0 Å². The topological polar surface area (TPSA) is 95.5 Å². The molecular weight excluding hydrogens is 459 g/mol. The van der Waals surface area contributed by atoms with Gasteiger partial charge in [-0.3, -0.25) is 18.7 Å². The van der Waals surface area contributed by atoms with Gasteiger partial charge in [-0.25, -0.2) is 9.37 Å². The lowest BCUT2D eigenvalue weighted by Crippen LogP contribution is -2.19. The number of anilines is 1. The van der Waals surface area contributed by atoms with Crippen LogP contribution >= 0.6 is 11.6 Å². The molecule has 1 atom stereocenters. The van der Waals surface area contributed by atoms with E-state index in [-0.39, 0.29) is 24.0 Å². The summed E-state index contributed by atoms with van der Waals surface area (Å²) in [6.07, 6.45) is 6.28. The Kier molecular flexibility index (Phi) is 5.58. The first kappa shape index (κ1) is 21.8. The lowest BCUT2D eigenvalue weighted by Gasteiger charge is -2.16. The Hall–Kier alpha value is -4.05. The molecule has 0 spiro atoms. The Morgan fingerprint density at radius 2 is 2.00 bits per heavy atom. The van der Waals surface area contributed by atoms with Gasteiger partial charge in [-0.2, -0.15) is 5.10 Å². The highest BCUT2D eigenvalue weighted by Gasteiger charge is 2.16. The number of hydrogen-bond acceptors (Lipinski definition) is 6. The fourth-order valence-corrected chi connectivity index (χ4v) is 4.05. The van der Waals surface area contributed by atoms with Crippen molar-refractivity contribution in [2.45, 2.75) is 19.5 Å². The van der Waals surface area contributed by atoms with Gasteiger partial charge in [-0.1, -0.05) is 35.0 Å². The van der Waals surface area contributed by atoms with Crippen molar-refractivity contribution in [2.75, 3.05) is 5.32 Å². The number of aryl methyl sites for hydroxylation is 1. The van der Waals surface area contributed by atoms with Gasteiger partial charge >= 0.3 is 0 Å². The van der Waals surface area contributed by atoms with Crippen molar-refractivity contribution < 1.29 is 4.39 Å². The highest BCUT2D eigenvalue weighted by Crippen LogP contribution is 2.25. The predicted molar refractivity (Wildman–Crippen MR) is 127 cm³/mol. The Bertz CT molecular complexity index is 1560. The molecule has 5 aromatic rings. The Morgan fingerprint density at radius 1 is 1.18 bits per heavy atom. The van der Waals surface area contributed by atoms with Crippen molar-refractivity contribution in [3.8, 4) is 5.69 Å². The number of aromatic nitrogens is 7. The maximum absolute atomic E-state index is 14.1. The predicted octanol–water partition coefficient (Wildman–Crippen LogP) is 3.72. The molecule has 1 aromatic carbocycles. The largest absolute Gasteiger partial charge is 0.362 e. The Balaban J connectivity index is 1.49. The molecule has 0 unspecified atom stereocenters. The van der Waals surface area contributed by atoms with E-state index in [4.69, 9.17) is 11.6 Å². The second-order valence-corrected chi connectivity index (χ2v) is 8.26. The summed E-state index contributed by atoms with van der Waals surface area (Å²) < 4.78 is 18.8. The summed E-state index contributed by atoms with van der Waals surface area (Å²) in [6, 6.07) is 9.83. The van der Waals surface area contributed by atoms with Gasteiger partial charge in [0.1, 0.15) is 11.6 Å². The smallest absolute Gasteiger partial charge is 0.266 e. The van der Waals surface area contributed by atoms with E-state index in [0.29, 0.717) is 33.0 Å². The molecule has 0 saturated carbocycles. The quantitative estimate of drug-likeness (QED) is 0.399. The standard InChI is InChI=1S/C23H20ClFN8O/c1-14(21-12-27-30-31(21)2)29-22-9-20(17(24)11-26-22)32-8-7-19-16(23(32)34)10-28-33(19)13-15-5-3-4-6-18(15)25/h3-12,14H,13H2,1-2H3,(H,26,29)/t14-/m1/s1. The molecule has 0 radical (unpaired) electrons. The van der Waals surface area contributed by atoms with Gasteiger partial charge in [0.05, 0.1) is 58.5 Å². The number of fused-ring (bicyclic) bond motifs is 1. The van der Waals surface area contributed by atoms with Gasteiger partial charge in [-0.15, -0.1) is 5.10 Å². The molecule has 172 valence electrons. The molecule has 0 bridgehead atoms. The summed E-state index contributed by atoms with van der Waals surface area (Å²) in [5.41, 5.74) is 2.15. The first-order valence-corrected chi connectivity index (χ1v) is 10.9. The monoisotopic (exact) mass is 478 g/mol. The summed E-state index contributed by atoms with van der Waals surface area (Å²) in [5, 5.41) is 16.1. The van der Waals surface area contributed by atoms with Crippen LogP contribution in [0.4, 0.5) is 10.2 Å². The van der Waals surface area contributed by atoms with Crippen LogP contribution in [0, 0.1) is 5.82 Å². The average molecular weight is 479 g/mol. The van der Waals surface area contributed by atoms with Crippen molar-refractivity contribution >= 4 is 28.3 Å². The molecule has 9 nitrogen and oxygen atoms in total. The maximum Gasteiger partial charge on any atom is 0.266 e. The van der Waals surface area contributed by atoms with Crippen molar-refractivity contribution in [3.05, 3.63) is 93.6 Å². The van der Waals surface area contributed by atoms with Gasteiger partial charge in [0.25, 0.3) is 5.56 Å². The molecule has 0 saturated heterocycles. The number of hydrogen-bond donors (Lipinski definition) is 1. The number of nitrogens with zero attached hydrogens (tertiary/aromatic N) is 7. The molecule has 4 heterocycles. The van der Waals surface area contributed by atoms with Gasteiger partial charge in [0.2, 0.25) is 0 Å². The zero-order valence-corrected chi connectivity index (χ0v) is 19.1. The first-order valence-electron chi connectivity index (χ1n) is 10.5. The second-order valence-electron chi connectivity index (χ2n) is 7.85. The molecular formula is C23H20ClFN8O. The van der Waals surface area contributed by atoms with Gasteiger partial charge < -0.3 is 5.32 Å². The highest BCUT2D eigenvalue weighted by molar-refractivity contribution is 6.32. The van der Waals surface area contributed by atoms with Crippen LogP contribution in [0.3, 0.4) is 0 Å². The SMILES string of the molecule is C[C@@H](Nc1cc(-n2ccc3c(cnn3Cc3ccccc3F)c2=O)c(Cl)cn1)c1cnnn1C. The first-order chi connectivity index (χ1) is 16.4. The molecule has 5 rings (SSSR count). The van der Waals surface area contributed by atoms with E-state index in [9.17, 15) is 9.18 Å². The number of nitrogens with one attached hydrogen (secondary N) is 1. The van der Waals surface area contributed by atoms with Crippen molar-refractivity contribution in [2.24, 2.45) is 7.05 Å². The minimum Gasteiger partial charge on any atom is -0.362 e. The van der Waals surface area contributed by atoms with Crippen molar-refractivity contribution in [1.82, 2.24) is 34.3 Å². The van der Waals surface area contributed by atoms with Crippen LogP contribution < -0.4 is 10.9 Å². The lowest BCUT2D eigenvalue weighted by atomic mass is 10.2. The summed E-state index contributed by atoms with van der Waals surface area (Å²) in [5.74, 6) is 0.217. The molecule has 0 aliphatic carbocycles. The minimum absolute atomic E-state index is 0.127. The molecule has 34 heavy (non-hydrogen) atoms. The fraction of sp³-hybridized carbons (Fsp3) is 0.174. The van der Waals surface area contributed by atoms with Crippen LogP contribution in [0.15, 0.2) is 66.0 Å². The summed E-state index contributed by atoms with van der Waals surface area (Å²) in [7, 11) is 1.81. The second kappa shape index (κ2) is 8.71. The van der Waals surface area contributed by atoms with E-state index in [1.807, 2.05) is 14.0 Å². The minimum atomic E-state index is -0.320. The molecule has 0 aliphatic heterocycles. The molecule has 1 N–H and O–H groups in total. The highest BCUT2D eigenvalue weighted by atomic mass is 35.5. The fourth-order valence-electron chi connectivity index (χ4n) is 3.86. The third-order valence-corrected chi connectivity index (χ3v) is 5.93. The maximum atomic E-state index is 14.1. The normalized spacial score (nSPS) is 12.2. The lowest BCUT2D eigenvalue weighted by molar-refractivity contribution is 0.590. The Morgan fingerprint density at radius 3 is 2.76 bits per heavy atom. The third-order valence-electron chi connectivity index (χ3n) is 5.64. The van der Waals surface area contributed by atoms with E-state index in [1.165, 1.54) is 23.0 Å². The molecule has 4 aromatic heterocycles. The molecule has 0 fully saturated rings. The van der Waals surface area contributed by atoms with Gasteiger partial charge in [0.15, 0.2) is 0 Å². The van der Waals surface area contributed by atoms with Gasteiger partial charge in [-0.05, 0) is 19.1 Å². The van der Waals surface area contributed by atoms with E-state index >= 15 is 0 Å². The zero-order chi connectivity index (χ0) is 23.8. The van der Waals surface area contributed by atoms with Crippen LogP contribution in [0.1, 0.15) is 24.2 Å². The van der Waals surface area contributed by atoms with Crippen molar-refractivity contribution in [1.29, 1.82) is 0 Å². The van der Waals surface area contributed by atoms with Crippen molar-refractivity contribution in [3.63, 3.8) is 0 Å².